The predicted molar refractivity (Wildman–Crippen MR) is 104 cm³/mol. The normalized spacial score (nSPS) is 9.00. The lowest BCUT2D eigenvalue weighted by atomic mass is 10.1. The average Bonchev–Trinajstić information content (AvgIpc) is 3.07. The van der Waals surface area contributed by atoms with Crippen molar-refractivity contribution in [3.63, 3.8) is 0 Å². The first-order valence-electron chi connectivity index (χ1n) is 8.78. The highest BCUT2D eigenvalue weighted by Gasteiger charge is 2.10. The maximum atomic E-state index is 10.1. The number of rotatable bonds is 1. The Bertz CT molecular complexity index is 700. The fourth-order valence-corrected chi connectivity index (χ4v) is 2.06. The molecule has 3 rings (SSSR count). The highest BCUT2D eigenvalue weighted by atomic mass is 16.3. The quantitative estimate of drug-likeness (QED) is 0.612. The van der Waals surface area contributed by atoms with Crippen molar-refractivity contribution < 1.29 is 5.11 Å². The van der Waals surface area contributed by atoms with Crippen LogP contribution in [0.4, 0.5) is 0 Å². The average molecular weight is 329 g/mol. The van der Waals surface area contributed by atoms with Crippen molar-refractivity contribution in [2.24, 2.45) is 0 Å². The molecule has 0 radical (unpaired) electrons. The zero-order chi connectivity index (χ0) is 18.7. The van der Waals surface area contributed by atoms with Crippen LogP contribution in [0.3, 0.4) is 0 Å². The Morgan fingerprint density at radius 2 is 1.25 bits per heavy atom. The summed E-state index contributed by atoms with van der Waals surface area (Å²) in [5.74, 6) is 0.223. The molecule has 24 heavy (non-hydrogen) atoms. The summed E-state index contributed by atoms with van der Waals surface area (Å²) in [5.41, 5.74) is 4.14. The SMILES string of the molecule is CC.CC.CC.Cc1cc(C)c(O)c(-n2nc3ccccc3n2)c1. The lowest BCUT2D eigenvalue weighted by molar-refractivity contribution is 0.463. The first-order chi connectivity index (χ1) is 11.6. The van der Waals surface area contributed by atoms with Crippen LogP contribution in [-0.4, -0.2) is 20.1 Å². The van der Waals surface area contributed by atoms with Gasteiger partial charge in [0.1, 0.15) is 22.5 Å². The second kappa shape index (κ2) is 11.2. The minimum atomic E-state index is 0.223. The Balaban J connectivity index is 0.000000798. The van der Waals surface area contributed by atoms with E-state index in [4.69, 9.17) is 0 Å². The molecule has 132 valence electrons. The number of benzene rings is 2. The monoisotopic (exact) mass is 329 g/mol. The molecular formula is C20H31N3O. The molecule has 0 atom stereocenters. The third-order valence-corrected chi connectivity index (χ3v) is 2.93. The minimum Gasteiger partial charge on any atom is -0.505 e. The zero-order valence-corrected chi connectivity index (χ0v) is 16.3. The van der Waals surface area contributed by atoms with Gasteiger partial charge < -0.3 is 5.11 Å². The van der Waals surface area contributed by atoms with Crippen molar-refractivity contribution in [2.75, 3.05) is 0 Å². The van der Waals surface area contributed by atoms with Crippen LogP contribution in [0.5, 0.6) is 5.75 Å². The van der Waals surface area contributed by atoms with Crippen LogP contribution in [0.25, 0.3) is 16.7 Å². The van der Waals surface area contributed by atoms with E-state index in [1.54, 1.807) is 0 Å². The number of aromatic hydroxyl groups is 1. The lowest BCUT2D eigenvalue weighted by Gasteiger charge is -2.07. The van der Waals surface area contributed by atoms with Gasteiger partial charge in [0.15, 0.2) is 0 Å². The fourth-order valence-electron chi connectivity index (χ4n) is 2.06. The van der Waals surface area contributed by atoms with Crippen molar-refractivity contribution in [1.29, 1.82) is 0 Å². The van der Waals surface area contributed by atoms with Gasteiger partial charge in [-0.25, -0.2) is 0 Å². The molecular weight excluding hydrogens is 298 g/mol. The number of phenolic OH excluding ortho intramolecular Hbond substituents is 1. The van der Waals surface area contributed by atoms with E-state index in [9.17, 15) is 5.11 Å². The van der Waals surface area contributed by atoms with Gasteiger partial charge in [-0.05, 0) is 43.2 Å². The van der Waals surface area contributed by atoms with Gasteiger partial charge in [0, 0.05) is 0 Å². The zero-order valence-electron chi connectivity index (χ0n) is 16.3. The summed E-state index contributed by atoms with van der Waals surface area (Å²) >= 11 is 0. The molecule has 0 aliphatic carbocycles. The molecule has 0 aliphatic rings. The van der Waals surface area contributed by atoms with Gasteiger partial charge in [-0.2, -0.15) is 0 Å². The highest BCUT2D eigenvalue weighted by Crippen LogP contribution is 2.26. The first-order valence-corrected chi connectivity index (χ1v) is 8.78. The van der Waals surface area contributed by atoms with E-state index in [1.807, 2.05) is 91.8 Å². The minimum absolute atomic E-state index is 0.223. The second-order valence-electron chi connectivity index (χ2n) is 4.43. The maximum Gasteiger partial charge on any atom is 0.146 e. The van der Waals surface area contributed by atoms with Crippen LogP contribution in [-0.2, 0) is 0 Å². The number of nitrogens with zero attached hydrogens (tertiary/aromatic N) is 3. The maximum absolute atomic E-state index is 10.1. The van der Waals surface area contributed by atoms with Crippen LogP contribution in [0, 0.1) is 13.8 Å². The molecule has 4 heteroatoms. The number of fused-ring (bicyclic) bond motifs is 1. The molecule has 0 unspecified atom stereocenters. The summed E-state index contributed by atoms with van der Waals surface area (Å²) in [7, 11) is 0. The Hall–Kier alpha value is -2.36. The van der Waals surface area contributed by atoms with E-state index in [0.717, 1.165) is 22.2 Å². The van der Waals surface area contributed by atoms with Gasteiger partial charge in [-0.1, -0.05) is 59.7 Å². The van der Waals surface area contributed by atoms with E-state index in [1.165, 1.54) is 4.80 Å². The number of phenols is 1. The van der Waals surface area contributed by atoms with Crippen molar-refractivity contribution in [3.8, 4) is 11.4 Å². The molecule has 1 aromatic heterocycles. The van der Waals surface area contributed by atoms with Gasteiger partial charge in [0.05, 0.1) is 0 Å². The highest BCUT2D eigenvalue weighted by molar-refractivity contribution is 5.73. The molecule has 0 saturated heterocycles. The van der Waals surface area contributed by atoms with Gasteiger partial charge >= 0.3 is 0 Å². The predicted octanol–water partition coefficient (Wildman–Crippen LogP) is 5.82. The van der Waals surface area contributed by atoms with E-state index in [-0.39, 0.29) is 5.75 Å². The van der Waals surface area contributed by atoms with Crippen LogP contribution < -0.4 is 0 Å². The van der Waals surface area contributed by atoms with Crippen LogP contribution in [0.15, 0.2) is 36.4 Å². The number of aryl methyl sites for hydroxylation is 2. The molecule has 4 nitrogen and oxygen atoms in total. The van der Waals surface area contributed by atoms with E-state index in [2.05, 4.69) is 10.2 Å². The Labute approximate surface area is 146 Å². The standard InChI is InChI=1S/C14H13N3O.3C2H6/c1-9-7-10(2)14(18)13(8-9)17-15-11-5-3-4-6-12(11)16-17;3*1-2/h3-8,18H,1-2H3;3*1-2H3. The van der Waals surface area contributed by atoms with E-state index < -0.39 is 0 Å². The van der Waals surface area contributed by atoms with Crippen LogP contribution >= 0.6 is 0 Å². The molecule has 1 heterocycles. The molecule has 0 aliphatic heterocycles. The smallest absolute Gasteiger partial charge is 0.146 e. The Kier molecular flexibility index (Phi) is 10.1. The summed E-state index contributed by atoms with van der Waals surface area (Å²) in [4.78, 5) is 1.49. The summed E-state index contributed by atoms with van der Waals surface area (Å²) in [6, 6.07) is 11.5. The molecule has 2 aromatic carbocycles. The number of aromatic nitrogens is 3. The number of hydrogen-bond donors (Lipinski definition) is 1. The molecule has 1 N–H and O–H groups in total. The summed E-state index contributed by atoms with van der Waals surface area (Å²) in [6.07, 6.45) is 0. The van der Waals surface area contributed by atoms with Gasteiger partial charge in [0.2, 0.25) is 0 Å². The molecule has 0 fully saturated rings. The molecule has 0 saturated carbocycles. The van der Waals surface area contributed by atoms with Crippen molar-refractivity contribution in [2.45, 2.75) is 55.4 Å². The molecule has 0 spiro atoms. The van der Waals surface area contributed by atoms with Crippen LogP contribution in [0.2, 0.25) is 0 Å². The van der Waals surface area contributed by atoms with Crippen LogP contribution in [0.1, 0.15) is 52.7 Å². The van der Waals surface area contributed by atoms with Gasteiger partial charge in [-0.3, -0.25) is 0 Å². The van der Waals surface area contributed by atoms with E-state index in [0.29, 0.717) is 5.69 Å². The lowest BCUT2D eigenvalue weighted by Crippen LogP contribution is -2.00. The molecule has 3 aromatic rings. The number of hydrogen-bond acceptors (Lipinski definition) is 3. The Morgan fingerprint density at radius 3 is 1.71 bits per heavy atom. The summed E-state index contributed by atoms with van der Waals surface area (Å²) in [6.45, 7) is 15.9. The first kappa shape index (κ1) is 21.6. The third-order valence-electron chi connectivity index (χ3n) is 2.93. The second-order valence-corrected chi connectivity index (χ2v) is 4.43. The van der Waals surface area contributed by atoms with Crippen molar-refractivity contribution in [1.82, 2.24) is 15.0 Å². The topological polar surface area (TPSA) is 50.9 Å². The van der Waals surface area contributed by atoms with Crippen molar-refractivity contribution in [3.05, 3.63) is 47.5 Å². The largest absolute Gasteiger partial charge is 0.505 e. The fraction of sp³-hybridized carbons (Fsp3) is 0.400. The summed E-state index contributed by atoms with van der Waals surface area (Å²) < 4.78 is 0. The van der Waals surface area contributed by atoms with Gasteiger partial charge in [0.25, 0.3) is 0 Å². The molecule has 0 bridgehead atoms. The van der Waals surface area contributed by atoms with E-state index >= 15 is 0 Å². The summed E-state index contributed by atoms with van der Waals surface area (Å²) in [5, 5.41) is 18.8. The Morgan fingerprint density at radius 1 is 0.792 bits per heavy atom. The van der Waals surface area contributed by atoms with Gasteiger partial charge in [-0.15, -0.1) is 15.0 Å². The molecule has 0 amide bonds. The third kappa shape index (κ3) is 5.08. The van der Waals surface area contributed by atoms with Crippen molar-refractivity contribution >= 4 is 11.0 Å².